The quantitative estimate of drug-likeness (QED) is 0.317. The van der Waals surface area contributed by atoms with Gasteiger partial charge in [0.1, 0.15) is 29.5 Å². The summed E-state index contributed by atoms with van der Waals surface area (Å²) < 4.78 is 17.3. The Balaban J connectivity index is 1.92. The molecule has 1 aliphatic rings. The first-order chi connectivity index (χ1) is 14.3. The van der Waals surface area contributed by atoms with Crippen molar-refractivity contribution in [2.45, 2.75) is 33.3 Å². The lowest BCUT2D eigenvalue weighted by Crippen LogP contribution is -2.27. The van der Waals surface area contributed by atoms with Gasteiger partial charge in [-0.25, -0.2) is 0 Å². The number of hydrogen-bond acceptors (Lipinski definition) is 4. The number of rotatable bonds is 7. The summed E-state index contributed by atoms with van der Waals surface area (Å²) in [6.07, 6.45) is 9.29. The van der Waals surface area contributed by atoms with Crippen LogP contribution in [-0.2, 0) is 0 Å². The Morgan fingerprint density at radius 2 is 1.83 bits per heavy atom. The molecule has 0 N–H and O–H groups in total. The maximum atomic E-state index is 13.0. The molecule has 0 spiro atoms. The Morgan fingerprint density at radius 3 is 2.50 bits per heavy atom. The summed E-state index contributed by atoms with van der Waals surface area (Å²) in [7, 11) is 1.63. The van der Waals surface area contributed by atoms with Crippen molar-refractivity contribution >= 4 is 17.9 Å². The second kappa shape index (κ2) is 9.04. The van der Waals surface area contributed by atoms with Gasteiger partial charge in [-0.05, 0) is 81.8 Å². The molecule has 3 rings (SSSR count). The number of carbonyl (C=O) groups is 1. The van der Waals surface area contributed by atoms with E-state index in [4.69, 9.17) is 14.2 Å². The zero-order chi connectivity index (χ0) is 21.7. The van der Waals surface area contributed by atoms with Crippen LogP contribution in [0, 0.1) is 0 Å². The maximum absolute atomic E-state index is 13.0. The monoisotopic (exact) mass is 404 g/mol. The molecule has 0 fully saturated rings. The van der Waals surface area contributed by atoms with Gasteiger partial charge in [-0.1, -0.05) is 23.8 Å². The molecule has 4 nitrogen and oxygen atoms in total. The van der Waals surface area contributed by atoms with Crippen LogP contribution in [0.15, 0.2) is 60.2 Å². The Morgan fingerprint density at radius 1 is 1.10 bits per heavy atom. The fraction of sp³-hybridized carbons (Fsp3) is 0.269. The van der Waals surface area contributed by atoms with Crippen LogP contribution in [0.2, 0.25) is 0 Å². The SMILES string of the molecule is COc1ccc(/C=C/C(=O)c2ccc3c(c2OCC=C(C)C)C=CC(C)(C)O3)cc1. The molecule has 4 heteroatoms. The summed E-state index contributed by atoms with van der Waals surface area (Å²) in [5.74, 6) is 1.91. The van der Waals surface area contributed by atoms with Crippen molar-refractivity contribution in [3.8, 4) is 17.2 Å². The Bertz CT molecular complexity index is 1000. The number of allylic oxidation sites excluding steroid dienone is 2. The number of ether oxygens (including phenoxy) is 3. The molecule has 156 valence electrons. The van der Waals surface area contributed by atoms with Crippen LogP contribution in [-0.4, -0.2) is 25.1 Å². The second-order valence-electron chi connectivity index (χ2n) is 7.96. The molecule has 0 radical (unpaired) electrons. The smallest absolute Gasteiger partial charge is 0.189 e. The van der Waals surface area contributed by atoms with Gasteiger partial charge >= 0.3 is 0 Å². The fourth-order valence-corrected chi connectivity index (χ4v) is 3.05. The van der Waals surface area contributed by atoms with Crippen molar-refractivity contribution in [2.24, 2.45) is 0 Å². The highest BCUT2D eigenvalue weighted by molar-refractivity contribution is 6.09. The summed E-state index contributed by atoms with van der Waals surface area (Å²) in [5.41, 5.74) is 2.97. The van der Waals surface area contributed by atoms with E-state index in [0.717, 1.165) is 22.4 Å². The predicted molar refractivity (Wildman–Crippen MR) is 121 cm³/mol. The Hall–Kier alpha value is -3.27. The van der Waals surface area contributed by atoms with Crippen molar-refractivity contribution < 1.29 is 19.0 Å². The number of methoxy groups -OCH3 is 1. The summed E-state index contributed by atoms with van der Waals surface area (Å²) in [6, 6.07) is 11.1. The van der Waals surface area contributed by atoms with E-state index in [1.165, 1.54) is 0 Å². The number of ketones is 1. The van der Waals surface area contributed by atoms with Gasteiger partial charge in [0, 0.05) is 0 Å². The summed E-state index contributed by atoms with van der Waals surface area (Å²) >= 11 is 0. The molecule has 2 aromatic carbocycles. The molecule has 1 heterocycles. The lowest BCUT2D eigenvalue weighted by Gasteiger charge is -2.29. The van der Waals surface area contributed by atoms with Gasteiger partial charge in [-0.3, -0.25) is 4.79 Å². The third-order valence-corrected chi connectivity index (χ3v) is 4.71. The van der Waals surface area contributed by atoms with E-state index < -0.39 is 5.60 Å². The van der Waals surface area contributed by atoms with E-state index in [1.807, 2.05) is 76.3 Å². The third-order valence-electron chi connectivity index (χ3n) is 4.71. The summed E-state index contributed by atoms with van der Waals surface area (Å²) in [6.45, 7) is 8.40. The minimum atomic E-state index is -0.399. The minimum Gasteiger partial charge on any atom is -0.497 e. The molecule has 0 aliphatic carbocycles. The van der Waals surface area contributed by atoms with E-state index >= 15 is 0 Å². The van der Waals surface area contributed by atoms with Gasteiger partial charge < -0.3 is 14.2 Å². The number of carbonyl (C=O) groups excluding carboxylic acids is 1. The highest BCUT2D eigenvalue weighted by Gasteiger charge is 2.26. The molecule has 30 heavy (non-hydrogen) atoms. The van der Waals surface area contributed by atoms with Gasteiger partial charge in [0.2, 0.25) is 0 Å². The van der Waals surface area contributed by atoms with Crippen LogP contribution in [0.5, 0.6) is 17.2 Å². The van der Waals surface area contributed by atoms with E-state index in [9.17, 15) is 4.79 Å². The zero-order valence-corrected chi connectivity index (χ0v) is 18.2. The highest BCUT2D eigenvalue weighted by atomic mass is 16.5. The summed E-state index contributed by atoms with van der Waals surface area (Å²) in [4.78, 5) is 13.0. The van der Waals surface area contributed by atoms with Crippen LogP contribution in [0.25, 0.3) is 12.2 Å². The molecule has 0 atom stereocenters. The van der Waals surface area contributed by atoms with E-state index in [-0.39, 0.29) is 5.78 Å². The third kappa shape index (κ3) is 5.20. The first kappa shape index (κ1) is 21.4. The van der Waals surface area contributed by atoms with E-state index in [0.29, 0.717) is 23.7 Å². The van der Waals surface area contributed by atoms with Gasteiger partial charge in [0.25, 0.3) is 0 Å². The summed E-state index contributed by atoms with van der Waals surface area (Å²) in [5, 5.41) is 0. The van der Waals surface area contributed by atoms with Crippen LogP contribution < -0.4 is 14.2 Å². The Labute approximate surface area is 178 Å². The average Bonchev–Trinajstić information content (AvgIpc) is 2.71. The number of fused-ring (bicyclic) bond motifs is 1. The molecule has 0 bridgehead atoms. The zero-order valence-electron chi connectivity index (χ0n) is 18.2. The van der Waals surface area contributed by atoms with Crippen molar-refractivity contribution in [1.29, 1.82) is 0 Å². The van der Waals surface area contributed by atoms with Crippen molar-refractivity contribution in [3.63, 3.8) is 0 Å². The van der Waals surface area contributed by atoms with Crippen molar-refractivity contribution in [2.75, 3.05) is 13.7 Å². The molecular weight excluding hydrogens is 376 g/mol. The molecule has 0 unspecified atom stereocenters. The largest absolute Gasteiger partial charge is 0.497 e. The van der Waals surface area contributed by atoms with Crippen LogP contribution >= 0.6 is 0 Å². The van der Waals surface area contributed by atoms with Crippen LogP contribution in [0.3, 0.4) is 0 Å². The Kier molecular flexibility index (Phi) is 6.46. The van der Waals surface area contributed by atoms with Gasteiger partial charge in [0.15, 0.2) is 5.78 Å². The molecule has 0 aromatic heterocycles. The van der Waals surface area contributed by atoms with Crippen LogP contribution in [0.1, 0.15) is 49.2 Å². The maximum Gasteiger partial charge on any atom is 0.189 e. The fourth-order valence-electron chi connectivity index (χ4n) is 3.05. The molecular formula is C26H28O4. The molecule has 2 aromatic rings. The molecule has 0 saturated heterocycles. The highest BCUT2D eigenvalue weighted by Crippen LogP contribution is 2.39. The number of hydrogen-bond donors (Lipinski definition) is 0. The van der Waals surface area contributed by atoms with Crippen molar-refractivity contribution in [1.82, 2.24) is 0 Å². The van der Waals surface area contributed by atoms with E-state index in [1.54, 1.807) is 25.3 Å². The molecule has 0 saturated carbocycles. The lowest BCUT2D eigenvalue weighted by molar-refractivity contribution is 0.104. The average molecular weight is 405 g/mol. The number of benzene rings is 2. The lowest BCUT2D eigenvalue weighted by atomic mass is 9.97. The first-order valence-electron chi connectivity index (χ1n) is 9.97. The normalized spacial score (nSPS) is 14.0. The minimum absolute atomic E-state index is 0.126. The van der Waals surface area contributed by atoms with Crippen molar-refractivity contribution in [3.05, 3.63) is 76.9 Å². The van der Waals surface area contributed by atoms with Crippen LogP contribution in [0.4, 0.5) is 0 Å². The van der Waals surface area contributed by atoms with Gasteiger partial charge in [-0.2, -0.15) is 0 Å². The topological polar surface area (TPSA) is 44.8 Å². The van der Waals surface area contributed by atoms with Gasteiger partial charge in [0.05, 0.1) is 18.2 Å². The first-order valence-corrected chi connectivity index (χ1v) is 9.97. The van der Waals surface area contributed by atoms with Gasteiger partial charge in [-0.15, -0.1) is 0 Å². The van der Waals surface area contributed by atoms with E-state index in [2.05, 4.69) is 0 Å². The molecule has 0 amide bonds. The predicted octanol–water partition coefficient (Wildman–Crippen LogP) is 6.12. The second-order valence-corrected chi connectivity index (χ2v) is 7.96. The standard InChI is InChI=1S/C26H28O4/c1-18(2)15-17-29-25-21(11-13-24-22(25)14-16-26(3,4)30-24)23(27)12-8-19-6-9-20(28-5)10-7-19/h6-16H,17H2,1-5H3/b12-8+. The molecule has 1 aliphatic heterocycles.